The van der Waals surface area contributed by atoms with Crippen LogP contribution in [-0.2, 0) is 6.54 Å². The maximum absolute atomic E-state index is 12.4. The molecule has 1 aromatic heterocycles. The molecule has 0 radical (unpaired) electrons. The van der Waals surface area contributed by atoms with Gasteiger partial charge in [-0.15, -0.1) is 0 Å². The number of carbonyl (C=O) groups excluding carboxylic acids is 1. The van der Waals surface area contributed by atoms with Gasteiger partial charge in [-0.25, -0.2) is 4.98 Å². The number of halogens is 1. The number of nitrogens with zero attached hydrogens (tertiary/aromatic N) is 3. The standard InChI is InChI=1S/C13H12BrN3O2/c1-8-9(14)3-2-4-10(8)17-11(18)7-16-6-5-15-12(16)13(17)19/h2-6,11,18H,7H2,1H3. The summed E-state index contributed by atoms with van der Waals surface area (Å²) in [6.45, 7) is 2.23. The quantitative estimate of drug-likeness (QED) is 0.873. The highest BCUT2D eigenvalue weighted by Gasteiger charge is 2.34. The average Bonchev–Trinajstić information content (AvgIpc) is 2.82. The summed E-state index contributed by atoms with van der Waals surface area (Å²) in [5, 5.41) is 10.2. The molecule has 1 aliphatic heterocycles. The van der Waals surface area contributed by atoms with Gasteiger partial charge in [0.15, 0.2) is 12.1 Å². The van der Waals surface area contributed by atoms with Gasteiger partial charge in [0.1, 0.15) is 0 Å². The average molecular weight is 322 g/mol. The first kappa shape index (κ1) is 12.4. The van der Waals surface area contributed by atoms with E-state index in [0.29, 0.717) is 18.1 Å². The van der Waals surface area contributed by atoms with Gasteiger partial charge in [-0.2, -0.15) is 0 Å². The summed E-state index contributed by atoms with van der Waals surface area (Å²) in [5.74, 6) is 0.0645. The Morgan fingerprint density at radius 3 is 3.05 bits per heavy atom. The number of aliphatic hydroxyl groups is 1. The Labute approximate surface area is 118 Å². The van der Waals surface area contributed by atoms with Crippen molar-refractivity contribution in [2.24, 2.45) is 0 Å². The van der Waals surface area contributed by atoms with Crippen LogP contribution in [0.25, 0.3) is 0 Å². The first-order chi connectivity index (χ1) is 9.09. The zero-order valence-electron chi connectivity index (χ0n) is 10.2. The van der Waals surface area contributed by atoms with Crippen molar-refractivity contribution in [2.45, 2.75) is 19.7 Å². The van der Waals surface area contributed by atoms with Crippen LogP contribution in [0.15, 0.2) is 35.1 Å². The Balaban J connectivity index is 2.11. The highest BCUT2D eigenvalue weighted by atomic mass is 79.9. The minimum absolute atomic E-state index is 0.287. The van der Waals surface area contributed by atoms with Crippen molar-refractivity contribution in [1.82, 2.24) is 9.55 Å². The molecule has 19 heavy (non-hydrogen) atoms. The Morgan fingerprint density at radius 2 is 2.26 bits per heavy atom. The number of rotatable bonds is 1. The number of anilines is 1. The second-order valence-corrected chi connectivity index (χ2v) is 5.30. The van der Waals surface area contributed by atoms with E-state index < -0.39 is 6.23 Å². The molecule has 1 aliphatic rings. The normalized spacial score (nSPS) is 18.6. The predicted molar refractivity (Wildman–Crippen MR) is 73.9 cm³/mol. The fourth-order valence-electron chi connectivity index (χ4n) is 2.28. The maximum Gasteiger partial charge on any atom is 0.296 e. The molecule has 1 atom stereocenters. The van der Waals surface area contributed by atoms with E-state index >= 15 is 0 Å². The number of fused-ring (bicyclic) bond motifs is 1. The zero-order valence-corrected chi connectivity index (χ0v) is 11.8. The molecule has 5 nitrogen and oxygen atoms in total. The summed E-state index contributed by atoms with van der Waals surface area (Å²) in [5.41, 5.74) is 1.61. The first-order valence-corrected chi connectivity index (χ1v) is 6.67. The van der Waals surface area contributed by atoms with Gasteiger partial charge in [0, 0.05) is 16.9 Å². The third-order valence-electron chi connectivity index (χ3n) is 3.28. The fourth-order valence-corrected chi connectivity index (χ4v) is 2.64. The topological polar surface area (TPSA) is 58.4 Å². The summed E-state index contributed by atoms with van der Waals surface area (Å²) < 4.78 is 2.57. The van der Waals surface area contributed by atoms with Gasteiger partial charge in [0.25, 0.3) is 5.91 Å². The molecule has 2 heterocycles. The van der Waals surface area contributed by atoms with E-state index in [0.717, 1.165) is 10.0 Å². The molecule has 0 aliphatic carbocycles. The minimum Gasteiger partial charge on any atom is -0.371 e. The Bertz CT molecular complexity index is 653. The third kappa shape index (κ3) is 1.87. The van der Waals surface area contributed by atoms with Crippen LogP contribution >= 0.6 is 15.9 Å². The number of amides is 1. The molecule has 98 valence electrons. The van der Waals surface area contributed by atoms with Crippen LogP contribution in [0.1, 0.15) is 16.2 Å². The van der Waals surface area contributed by atoms with Gasteiger partial charge in [-0.3, -0.25) is 9.69 Å². The Kier molecular flexibility index (Phi) is 2.91. The minimum atomic E-state index is -0.887. The van der Waals surface area contributed by atoms with Crippen LogP contribution in [0.5, 0.6) is 0 Å². The second-order valence-electron chi connectivity index (χ2n) is 4.44. The number of carbonyl (C=O) groups is 1. The van der Waals surface area contributed by atoms with Crippen LogP contribution in [0, 0.1) is 6.92 Å². The summed E-state index contributed by atoms with van der Waals surface area (Å²) in [7, 11) is 0. The third-order valence-corrected chi connectivity index (χ3v) is 4.14. The largest absolute Gasteiger partial charge is 0.371 e. The molecule has 1 aromatic carbocycles. The Hall–Kier alpha value is -1.66. The van der Waals surface area contributed by atoms with Crippen molar-refractivity contribution in [1.29, 1.82) is 0 Å². The number of benzene rings is 1. The molecule has 0 bridgehead atoms. The molecular formula is C13H12BrN3O2. The van der Waals surface area contributed by atoms with Crippen LogP contribution in [0.3, 0.4) is 0 Å². The molecule has 1 amide bonds. The SMILES string of the molecule is Cc1c(Br)cccc1N1C(=O)c2nccn2CC1O. The molecule has 1 unspecified atom stereocenters. The van der Waals surface area contributed by atoms with Crippen LogP contribution in [0.4, 0.5) is 5.69 Å². The number of hydrogen-bond donors (Lipinski definition) is 1. The van der Waals surface area contributed by atoms with Gasteiger partial charge in [0.05, 0.1) is 12.2 Å². The molecule has 0 fully saturated rings. The smallest absolute Gasteiger partial charge is 0.296 e. The van der Waals surface area contributed by atoms with Crippen LogP contribution < -0.4 is 4.90 Å². The second kappa shape index (κ2) is 4.47. The van der Waals surface area contributed by atoms with Gasteiger partial charge >= 0.3 is 0 Å². The lowest BCUT2D eigenvalue weighted by molar-refractivity contribution is 0.0784. The van der Waals surface area contributed by atoms with E-state index in [2.05, 4.69) is 20.9 Å². The van der Waals surface area contributed by atoms with Gasteiger partial charge < -0.3 is 9.67 Å². The van der Waals surface area contributed by atoms with E-state index in [9.17, 15) is 9.90 Å². The zero-order chi connectivity index (χ0) is 13.6. The lowest BCUT2D eigenvalue weighted by Gasteiger charge is -2.33. The van der Waals surface area contributed by atoms with E-state index in [-0.39, 0.29) is 5.91 Å². The highest BCUT2D eigenvalue weighted by Crippen LogP contribution is 2.30. The molecule has 1 N–H and O–H groups in total. The van der Waals surface area contributed by atoms with Crippen molar-refractivity contribution >= 4 is 27.5 Å². The van der Waals surface area contributed by atoms with Gasteiger partial charge in [0.2, 0.25) is 0 Å². The summed E-state index contributed by atoms with van der Waals surface area (Å²) in [4.78, 5) is 17.9. The van der Waals surface area contributed by atoms with Crippen molar-refractivity contribution < 1.29 is 9.90 Å². The van der Waals surface area contributed by atoms with E-state index in [4.69, 9.17) is 0 Å². The molecule has 2 aromatic rings. The van der Waals surface area contributed by atoms with Crippen LogP contribution in [-0.4, -0.2) is 26.8 Å². The van der Waals surface area contributed by atoms with E-state index in [1.54, 1.807) is 17.0 Å². The van der Waals surface area contributed by atoms with Crippen LogP contribution in [0.2, 0.25) is 0 Å². The lowest BCUT2D eigenvalue weighted by atomic mass is 10.1. The molecular weight excluding hydrogens is 310 g/mol. The van der Waals surface area contributed by atoms with Crippen molar-refractivity contribution in [3.63, 3.8) is 0 Å². The van der Waals surface area contributed by atoms with E-state index in [1.807, 2.05) is 25.1 Å². The first-order valence-electron chi connectivity index (χ1n) is 5.87. The van der Waals surface area contributed by atoms with Crippen molar-refractivity contribution in [3.8, 4) is 0 Å². The Morgan fingerprint density at radius 1 is 1.47 bits per heavy atom. The lowest BCUT2D eigenvalue weighted by Crippen LogP contribution is -2.48. The summed E-state index contributed by atoms with van der Waals surface area (Å²) >= 11 is 3.44. The maximum atomic E-state index is 12.4. The number of hydrogen-bond acceptors (Lipinski definition) is 3. The molecule has 0 saturated carbocycles. The highest BCUT2D eigenvalue weighted by molar-refractivity contribution is 9.10. The summed E-state index contributed by atoms with van der Waals surface area (Å²) in [6, 6.07) is 5.56. The monoisotopic (exact) mass is 321 g/mol. The molecule has 0 saturated heterocycles. The van der Waals surface area contributed by atoms with E-state index in [1.165, 1.54) is 4.90 Å². The van der Waals surface area contributed by atoms with Crippen molar-refractivity contribution in [2.75, 3.05) is 4.90 Å². The van der Waals surface area contributed by atoms with Gasteiger partial charge in [-0.05, 0) is 24.6 Å². The number of aromatic nitrogens is 2. The van der Waals surface area contributed by atoms with Crippen molar-refractivity contribution in [3.05, 3.63) is 46.5 Å². The number of imidazole rings is 1. The fraction of sp³-hybridized carbons (Fsp3) is 0.231. The summed E-state index contributed by atoms with van der Waals surface area (Å²) in [6.07, 6.45) is 2.38. The number of aliphatic hydroxyl groups excluding tert-OH is 1. The van der Waals surface area contributed by atoms with Gasteiger partial charge in [-0.1, -0.05) is 22.0 Å². The predicted octanol–water partition coefficient (Wildman–Crippen LogP) is 1.93. The molecule has 6 heteroatoms. The molecule has 0 spiro atoms. The molecule has 3 rings (SSSR count).